The van der Waals surface area contributed by atoms with Crippen LogP contribution in [0.25, 0.3) is 11.1 Å². The highest BCUT2D eigenvalue weighted by atomic mass is 32.1. The third-order valence-corrected chi connectivity index (χ3v) is 7.27. The van der Waals surface area contributed by atoms with E-state index in [1.807, 2.05) is 36.6 Å². The minimum Gasteiger partial charge on any atom is -0.481 e. The number of carbonyl (C=O) groups excluding carboxylic acids is 2. The van der Waals surface area contributed by atoms with E-state index in [9.17, 15) is 19.5 Å². The van der Waals surface area contributed by atoms with Crippen molar-refractivity contribution in [1.82, 2.24) is 0 Å². The quantitative estimate of drug-likeness (QED) is 0.658. The number of carboxylic acids is 1. The molecule has 2 aromatic rings. The van der Waals surface area contributed by atoms with Gasteiger partial charge in [0.2, 0.25) is 5.91 Å². The van der Waals surface area contributed by atoms with Crippen molar-refractivity contribution in [3.63, 3.8) is 0 Å². The average molecular weight is 428 g/mol. The van der Waals surface area contributed by atoms with E-state index in [0.29, 0.717) is 16.1 Å². The monoisotopic (exact) mass is 427 g/mol. The molecule has 2 bridgehead atoms. The number of benzene rings is 1. The van der Waals surface area contributed by atoms with E-state index in [2.05, 4.69) is 5.32 Å². The molecular weight excluding hydrogens is 402 g/mol. The summed E-state index contributed by atoms with van der Waals surface area (Å²) in [5.74, 6) is -2.74. The number of ether oxygens (including phenoxy) is 1. The number of carboxylic acid groups (broad SMARTS) is 1. The van der Waals surface area contributed by atoms with Crippen molar-refractivity contribution >= 4 is 34.2 Å². The highest BCUT2D eigenvalue weighted by molar-refractivity contribution is 7.15. The third kappa shape index (κ3) is 3.62. The molecule has 2 aliphatic carbocycles. The van der Waals surface area contributed by atoms with Gasteiger partial charge in [-0.05, 0) is 50.5 Å². The molecule has 158 valence electrons. The molecule has 0 aliphatic heterocycles. The molecule has 2 fully saturated rings. The highest BCUT2D eigenvalue weighted by Crippen LogP contribution is 2.53. The molecule has 1 amide bonds. The van der Waals surface area contributed by atoms with Crippen LogP contribution in [0.2, 0.25) is 0 Å². The first-order valence-electron chi connectivity index (χ1n) is 10.3. The number of rotatable bonds is 6. The van der Waals surface area contributed by atoms with Gasteiger partial charge in [0, 0.05) is 10.9 Å². The molecule has 0 unspecified atom stereocenters. The van der Waals surface area contributed by atoms with Crippen LogP contribution in [0.4, 0.5) is 5.00 Å². The zero-order valence-corrected chi connectivity index (χ0v) is 17.8. The first-order chi connectivity index (χ1) is 14.4. The fraction of sp³-hybridized carbons (Fsp3) is 0.435. The van der Waals surface area contributed by atoms with Crippen molar-refractivity contribution in [3.05, 3.63) is 40.8 Å². The average Bonchev–Trinajstić information content (AvgIpc) is 3.42. The second-order valence-corrected chi connectivity index (χ2v) is 9.03. The van der Waals surface area contributed by atoms with Gasteiger partial charge in [-0.15, -0.1) is 11.3 Å². The summed E-state index contributed by atoms with van der Waals surface area (Å²) in [5, 5.41) is 14.8. The van der Waals surface area contributed by atoms with Gasteiger partial charge in [-0.1, -0.05) is 29.8 Å². The molecule has 2 aliphatic rings. The molecule has 0 spiro atoms. The van der Waals surface area contributed by atoms with E-state index in [1.165, 1.54) is 11.3 Å². The van der Waals surface area contributed by atoms with Crippen LogP contribution in [0.3, 0.4) is 0 Å². The molecule has 0 saturated heterocycles. The fourth-order valence-corrected chi connectivity index (χ4v) is 5.98. The summed E-state index contributed by atoms with van der Waals surface area (Å²) in [7, 11) is 0. The molecule has 2 saturated carbocycles. The number of fused-ring (bicyclic) bond motifs is 2. The maximum Gasteiger partial charge on any atom is 0.341 e. The lowest BCUT2D eigenvalue weighted by atomic mass is 9.78. The van der Waals surface area contributed by atoms with Crippen LogP contribution >= 0.6 is 11.3 Å². The number of carbonyl (C=O) groups is 3. The molecule has 4 rings (SSSR count). The zero-order valence-electron chi connectivity index (χ0n) is 17.0. The summed E-state index contributed by atoms with van der Waals surface area (Å²) in [6, 6.07) is 7.80. The molecule has 4 atom stereocenters. The molecule has 7 heteroatoms. The van der Waals surface area contributed by atoms with Crippen LogP contribution < -0.4 is 5.32 Å². The Hall–Kier alpha value is -2.67. The lowest BCUT2D eigenvalue weighted by Crippen LogP contribution is -2.37. The van der Waals surface area contributed by atoms with Crippen molar-refractivity contribution in [3.8, 4) is 11.1 Å². The number of aliphatic carboxylic acids is 1. The van der Waals surface area contributed by atoms with Gasteiger partial charge in [0.15, 0.2) is 0 Å². The zero-order chi connectivity index (χ0) is 21.4. The first-order valence-corrected chi connectivity index (χ1v) is 11.2. The number of hydrogen-bond donors (Lipinski definition) is 2. The minimum atomic E-state index is -0.903. The van der Waals surface area contributed by atoms with Gasteiger partial charge in [-0.25, -0.2) is 4.79 Å². The maximum absolute atomic E-state index is 13.1. The van der Waals surface area contributed by atoms with Gasteiger partial charge >= 0.3 is 11.9 Å². The van der Waals surface area contributed by atoms with E-state index in [4.69, 9.17) is 4.74 Å². The van der Waals surface area contributed by atoms with E-state index < -0.39 is 23.8 Å². The number of nitrogens with one attached hydrogen (secondary N) is 1. The number of amides is 1. The van der Waals surface area contributed by atoms with Gasteiger partial charge in [-0.2, -0.15) is 0 Å². The Morgan fingerprint density at radius 3 is 2.43 bits per heavy atom. The van der Waals surface area contributed by atoms with Crippen LogP contribution in [-0.4, -0.2) is 29.6 Å². The van der Waals surface area contributed by atoms with Crippen molar-refractivity contribution in [2.45, 2.75) is 33.1 Å². The predicted octanol–water partition coefficient (Wildman–Crippen LogP) is 4.59. The highest BCUT2D eigenvalue weighted by Gasteiger charge is 2.54. The van der Waals surface area contributed by atoms with E-state index in [1.54, 1.807) is 6.92 Å². The summed E-state index contributed by atoms with van der Waals surface area (Å²) >= 11 is 1.27. The largest absolute Gasteiger partial charge is 0.481 e. The summed E-state index contributed by atoms with van der Waals surface area (Å²) < 4.78 is 5.25. The number of thiophene rings is 1. The standard InChI is InChI=1S/C23H25NO5S/c1-3-29-23(28)19-16(13-6-4-12(2)5-7-13)11-30-21(19)24-20(25)17-14-8-9-15(10-14)18(17)22(26)27/h4-7,11,14-15,17-18H,3,8-10H2,1-2H3,(H,24,25)(H,26,27)/t14-,15-,17-,18-/m0/s1. The molecule has 1 aromatic heterocycles. The van der Waals surface area contributed by atoms with Gasteiger partial charge in [0.25, 0.3) is 0 Å². The van der Waals surface area contributed by atoms with Crippen molar-refractivity contribution in [1.29, 1.82) is 0 Å². The molecule has 0 radical (unpaired) electrons. The molecule has 2 N–H and O–H groups in total. The van der Waals surface area contributed by atoms with Crippen LogP contribution in [-0.2, 0) is 14.3 Å². The second-order valence-electron chi connectivity index (χ2n) is 8.15. The third-order valence-electron chi connectivity index (χ3n) is 6.37. The predicted molar refractivity (Wildman–Crippen MR) is 115 cm³/mol. The van der Waals surface area contributed by atoms with E-state index >= 15 is 0 Å². The Morgan fingerprint density at radius 1 is 1.13 bits per heavy atom. The van der Waals surface area contributed by atoms with Crippen molar-refractivity contribution < 1.29 is 24.2 Å². The summed E-state index contributed by atoms with van der Waals surface area (Å²) in [4.78, 5) is 37.6. The van der Waals surface area contributed by atoms with Gasteiger partial charge in [-0.3, -0.25) is 9.59 Å². The molecule has 30 heavy (non-hydrogen) atoms. The van der Waals surface area contributed by atoms with Crippen molar-refractivity contribution in [2.24, 2.45) is 23.7 Å². The number of esters is 1. The Balaban J connectivity index is 1.65. The Labute approximate surface area is 179 Å². The SMILES string of the molecule is CCOC(=O)c1c(-c2ccc(C)cc2)csc1NC(=O)[C@H]1[C@H]2CC[C@@H](C2)[C@@H]1C(=O)O. The van der Waals surface area contributed by atoms with E-state index in [-0.39, 0.29) is 24.3 Å². The number of hydrogen-bond acceptors (Lipinski definition) is 5. The Kier molecular flexibility index (Phi) is 5.64. The lowest BCUT2D eigenvalue weighted by molar-refractivity contribution is -0.148. The van der Waals surface area contributed by atoms with Crippen LogP contribution in [0.5, 0.6) is 0 Å². The topological polar surface area (TPSA) is 92.7 Å². The number of anilines is 1. The molecule has 1 heterocycles. The Morgan fingerprint density at radius 2 is 1.80 bits per heavy atom. The smallest absolute Gasteiger partial charge is 0.341 e. The van der Waals surface area contributed by atoms with Gasteiger partial charge in [0.1, 0.15) is 10.6 Å². The minimum absolute atomic E-state index is 0.0687. The summed E-state index contributed by atoms with van der Waals surface area (Å²) in [6.07, 6.45) is 2.55. The van der Waals surface area contributed by atoms with Gasteiger partial charge in [0.05, 0.1) is 18.4 Å². The van der Waals surface area contributed by atoms with Crippen LogP contribution in [0.15, 0.2) is 29.6 Å². The summed E-state index contributed by atoms with van der Waals surface area (Å²) in [6.45, 7) is 3.95. The summed E-state index contributed by atoms with van der Waals surface area (Å²) in [5.41, 5.74) is 3.01. The molecular formula is C23H25NO5S. The molecule has 1 aromatic carbocycles. The van der Waals surface area contributed by atoms with E-state index in [0.717, 1.165) is 30.4 Å². The maximum atomic E-state index is 13.1. The fourth-order valence-electron chi connectivity index (χ4n) is 5.02. The normalized spacial score (nSPS) is 24.6. The van der Waals surface area contributed by atoms with Crippen molar-refractivity contribution in [2.75, 3.05) is 11.9 Å². The Bertz CT molecular complexity index is 980. The van der Waals surface area contributed by atoms with Crippen LogP contribution in [0, 0.1) is 30.6 Å². The number of aryl methyl sites for hydroxylation is 1. The first kappa shape index (κ1) is 20.6. The second kappa shape index (κ2) is 8.22. The van der Waals surface area contributed by atoms with Crippen LogP contribution in [0.1, 0.15) is 42.1 Å². The van der Waals surface area contributed by atoms with Gasteiger partial charge < -0.3 is 15.2 Å². The molecule has 6 nitrogen and oxygen atoms in total. The lowest BCUT2D eigenvalue weighted by Gasteiger charge is -2.27.